The lowest BCUT2D eigenvalue weighted by molar-refractivity contribution is -0.00890. The second kappa shape index (κ2) is 16.8. The van der Waals surface area contributed by atoms with Gasteiger partial charge in [0, 0.05) is 13.2 Å². The van der Waals surface area contributed by atoms with Gasteiger partial charge in [0.05, 0.1) is 59.5 Å². The summed E-state index contributed by atoms with van der Waals surface area (Å²) in [4.78, 5) is 0. The fourth-order valence-corrected chi connectivity index (χ4v) is 1.07. The van der Waals surface area contributed by atoms with E-state index in [2.05, 4.69) is 6.92 Å². The van der Waals surface area contributed by atoms with Crippen LogP contribution in [-0.4, -0.2) is 72.6 Å². The first-order chi connectivity index (χ1) is 8.91. The maximum absolute atomic E-state index is 5.30. The Labute approximate surface area is 110 Å². The summed E-state index contributed by atoms with van der Waals surface area (Å²) in [6.45, 7) is 9.73. The van der Waals surface area contributed by atoms with Crippen LogP contribution in [0.2, 0.25) is 0 Å². The van der Waals surface area contributed by atoms with Gasteiger partial charge in [0.2, 0.25) is 0 Å². The van der Waals surface area contributed by atoms with E-state index in [0.717, 1.165) is 0 Å². The van der Waals surface area contributed by atoms with Crippen molar-refractivity contribution in [1.82, 2.24) is 0 Å². The molecule has 0 spiro atoms. The number of hydrogen-bond acceptors (Lipinski definition) is 6. The van der Waals surface area contributed by atoms with Gasteiger partial charge in [-0.15, -0.1) is 0 Å². The van der Waals surface area contributed by atoms with Crippen LogP contribution in [0.25, 0.3) is 0 Å². The third kappa shape index (κ3) is 15.8. The topological polar surface area (TPSA) is 72.2 Å². The second-order valence-corrected chi connectivity index (χ2v) is 3.35. The number of ether oxygens (including phenoxy) is 5. The van der Waals surface area contributed by atoms with E-state index in [1.807, 2.05) is 0 Å². The van der Waals surface area contributed by atoms with Crippen LogP contribution in [0.1, 0.15) is 0 Å². The van der Waals surface area contributed by atoms with Gasteiger partial charge in [-0.3, -0.25) is 0 Å². The van der Waals surface area contributed by atoms with Gasteiger partial charge in [-0.2, -0.15) is 0 Å². The van der Waals surface area contributed by atoms with Gasteiger partial charge in [-0.1, -0.05) is 0 Å². The molecule has 0 atom stereocenters. The Morgan fingerprint density at radius 2 is 0.889 bits per heavy atom. The summed E-state index contributed by atoms with van der Waals surface area (Å²) < 4.78 is 26.0. The van der Waals surface area contributed by atoms with E-state index in [4.69, 9.17) is 29.4 Å². The van der Waals surface area contributed by atoms with E-state index in [-0.39, 0.29) is 0 Å². The van der Waals surface area contributed by atoms with Crippen molar-refractivity contribution in [1.29, 1.82) is 0 Å². The van der Waals surface area contributed by atoms with Crippen LogP contribution in [0.15, 0.2) is 0 Å². The van der Waals surface area contributed by atoms with Crippen molar-refractivity contribution in [3.05, 3.63) is 6.92 Å². The molecule has 0 rings (SSSR count). The van der Waals surface area contributed by atoms with E-state index in [1.165, 1.54) is 0 Å². The van der Waals surface area contributed by atoms with Gasteiger partial charge in [0.1, 0.15) is 0 Å². The third-order valence-electron chi connectivity index (χ3n) is 1.89. The summed E-state index contributed by atoms with van der Waals surface area (Å²) >= 11 is 0. The molecule has 0 saturated heterocycles. The lowest BCUT2D eigenvalue weighted by Crippen LogP contribution is -2.14. The Bertz CT molecular complexity index is 132. The molecule has 0 aromatic rings. The van der Waals surface area contributed by atoms with Crippen molar-refractivity contribution in [3.63, 3.8) is 0 Å². The van der Waals surface area contributed by atoms with E-state index in [1.54, 1.807) is 0 Å². The molecular weight excluding hydrogens is 238 g/mol. The van der Waals surface area contributed by atoms with E-state index < -0.39 is 0 Å². The van der Waals surface area contributed by atoms with Crippen molar-refractivity contribution in [3.8, 4) is 0 Å². The molecule has 0 unspecified atom stereocenters. The lowest BCUT2D eigenvalue weighted by atomic mass is 10.7. The van der Waals surface area contributed by atoms with Crippen molar-refractivity contribution < 1.29 is 23.7 Å². The first-order valence-electron chi connectivity index (χ1n) is 6.29. The molecule has 1 radical (unpaired) electrons. The summed E-state index contributed by atoms with van der Waals surface area (Å²) in [7, 11) is 0. The molecule has 2 N–H and O–H groups in total. The zero-order valence-corrected chi connectivity index (χ0v) is 11.1. The maximum atomic E-state index is 5.30. The van der Waals surface area contributed by atoms with E-state index in [0.29, 0.717) is 72.6 Å². The fourth-order valence-electron chi connectivity index (χ4n) is 1.07. The Hall–Kier alpha value is -0.240. The fraction of sp³-hybridized carbons (Fsp3) is 0.917. The summed E-state index contributed by atoms with van der Waals surface area (Å²) in [5, 5.41) is 0. The second-order valence-electron chi connectivity index (χ2n) is 3.35. The third-order valence-corrected chi connectivity index (χ3v) is 1.89. The predicted molar refractivity (Wildman–Crippen MR) is 68.5 cm³/mol. The molecule has 6 nitrogen and oxygen atoms in total. The van der Waals surface area contributed by atoms with Crippen molar-refractivity contribution in [2.75, 3.05) is 72.6 Å². The Kier molecular flexibility index (Phi) is 16.5. The number of hydrogen-bond donors (Lipinski definition) is 1. The average molecular weight is 264 g/mol. The highest BCUT2D eigenvalue weighted by molar-refractivity contribution is 4.36. The predicted octanol–water partition coefficient (Wildman–Crippen LogP) is -0.138. The highest BCUT2D eigenvalue weighted by Crippen LogP contribution is 1.83. The average Bonchev–Trinajstić information content (AvgIpc) is 2.39. The van der Waals surface area contributed by atoms with Crippen molar-refractivity contribution >= 4 is 0 Å². The van der Waals surface area contributed by atoms with Crippen LogP contribution in [0, 0.1) is 6.92 Å². The van der Waals surface area contributed by atoms with Crippen LogP contribution in [0.5, 0.6) is 0 Å². The first kappa shape index (κ1) is 17.8. The molecule has 0 heterocycles. The SMILES string of the molecule is [CH2]COCCOCCOCCOCCOCCN. The van der Waals surface area contributed by atoms with Crippen LogP contribution < -0.4 is 5.73 Å². The number of rotatable bonds is 15. The van der Waals surface area contributed by atoms with Gasteiger partial charge in [-0.05, 0) is 6.92 Å². The van der Waals surface area contributed by atoms with Crippen LogP contribution in [0.3, 0.4) is 0 Å². The van der Waals surface area contributed by atoms with Crippen molar-refractivity contribution in [2.24, 2.45) is 5.73 Å². The Morgan fingerprint density at radius 1 is 0.556 bits per heavy atom. The van der Waals surface area contributed by atoms with Crippen LogP contribution >= 0.6 is 0 Å². The minimum absolute atomic E-state index is 0.478. The lowest BCUT2D eigenvalue weighted by Gasteiger charge is -2.07. The highest BCUT2D eigenvalue weighted by Gasteiger charge is 1.92. The zero-order valence-electron chi connectivity index (χ0n) is 11.1. The molecule has 0 aromatic carbocycles. The molecule has 0 aliphatic rings. The normalized spacial score (nSPS) is 11.0. The molecule has 0 bridgehead atoms. The summed E-state index contributed by atoms with van der Waals surface area (Å²) in [5.41, 5.74) is 5.27. The molecule has 0 aliphatic carbocycles. The molecule has 0 aromatic heterocycles. The summed E-state index contributed by atoms with van der Waals surface area (Å²) in [6, 6.07) is 0. The summed E-state index contributed by atoms with van der Waals surface area (Å²) in [6.07, 6.45) is 0. The van der Waals surface area contributed by atoms with Crippen LogP contribution in [0.4, 0.5) is 0 Å². The van der Waals surface area contributed by atoms with E-state index >= 15 is 0 Å². The minimum atomic E-state index is 0.478. The molecule has 18 heavy (non-hydrogen) atoms. The molecule has 0 saturated carbocycles. The quantitative estimate of drug-likeness (QED) is 0.415. The van der Waals surface area contributed by atoms with Gasteiger partial charge in [0.25, 0.3) is 0 Å². The zero-order chi connectivity index (χ0) is 13.3. The monoisotopic (exact) mass is 264 g/mol. The molecule has 0 amide bonds. The van der Waals surface area contributed by atoms with Crippen molar-refractivity contribution in [2.45, 2.75) is 0 Å². The Morgan fingerprint density at radius 3 is 1.22 bits per heavy atom. The van der Waals surface area contributed by atoms with Gasteiger partial charge >= 0.3 is 0 Å². The highest BCUT2D eigenvalue weighted by atomic mass is 16.6. The molecule has 0 fully saturated rings. The van der Waals surface area contributed by atoms with Gasteiger partial charge < -0.3 is 29.4 Å². The minimum Gasteiger partial charge on any atom is -0.379 e. The van der Waals surface area contributed by atoms with Gasteiger partial charge in [0.15, 0.2) is 0 Å². The Balaban J connectivity index is 2.86. The molecule has 109 valence electrons. The first-order valence-corrected chi connectivity index (χ1v) is 6.29. The maximum Gasteiger partial charge on any atom is 0.0701 e. The van der Waals surface area contributed by atoms with E-state index in [9.17, 15) is 0 Å². The number of nitrogens with two attached hydrogens (primary N) is 1. The molecular formula is C12H26NO5. The van der Waals surface area contributed by atoms with Gasteiger partial charge in [-0.25, -0.2) is 0 Å². The van der Waals surface area contributed by atoms with Crippen LogP contribution in [-0.2, 0) is 23.7 Å². The molecule has 6 heteroatoms. The largest absolute Gasteiger partial charge is 0.379 e. The standard InChI is InChI=1S/C12H26NO5/c1-2-14-5-6-16-9-10-18-12-11-17-8-7-15-4-3-13/h1-13H2. The molecule has 0 aliphatic heterocycles. The summed E-state index contributed by atoms with van der Waals surface area (Å²) in [5.74, 6) is 0. The smallest absolute Gasteiger partial charge is 0.0701 e.